The molecule has 1 aromatic rings. The fourth-order valence-electron chi connectivity index (χ4n) is 3.78. The number of rotatable bonds is 7. The first-order chi connectivity index (χ1) is 13.5. The topological polar surface area (TPSA) is 80.2 Å². The second-order valence-electron chi connectivity index (χ2n) is 7.83. The van der Waals surface area contributed by atoms with Crippen LogP contribution in [0.1, 0.15) is 36.5 Å². The second kappa shape index (κ2) is 9.82. The Hall–Kier alpha value is -1.48. The second-order valence-corrected chi connectivity index (χ2v) is 9.77. The molecule has 0 spiro atoms. The molecule has 0 aromatic heterocycles. The summed E-state index contributed by atoms with van der Waals surface area (Å²) in [6, 6.07) is 6.19. The SMILES string of the molecule is CC1CC[NH+](CCCNC(=O)c2ccc(S(=O)(=O)N3CCOCC3)cc2)CC1. The van der Waals surface area contributed by atoms with Crippen molar-refractivity contribution in [3.8, 4) is 0 Å². The lowest BCUT2D eigenvalue weighted by molar-refractivity contribution is -0.906. The largest absolute Gasteiger partial charge is 0.379 e. The van der Waals surface area contributed by atoms with Crippen LogP contribution in [0, 0.1) is 5.92 Å². The van der Waals surface area contributed by atoms with Gasteiger partial charge < -0.3 is 15.0 Å². The number of piperidine rings is 1. The smallest absolute Gasteiger partial charge is 0.251 e. The molecular weight excluding hydrogens is 378 g/mol. The monoisotopic (exact) mass is 410 g/mol. The van der Waals surface area contributed by atoms with Crippen LogP contribution in [0.2, 0.25) is 0 Å². The lowest BCUT2D eigenvalue weighted by atomic mass is 9.99. The Kier molecular flexibility index (Phi) is 7.45. The minimum Gasteiger partial charge on any atom is -0.379 e. The van der Waals surface area contributed by atoms with Gasteiger partial charge in [-0.05, 0) is 43.0 Å². The molecule has 2 fully saturated rings. The van der Waals surface area contributed by atoms with Crippen LogP contribution in [-0.2, 0) is 14.8 Å². The number of carbonyl (C=O) groups is 1. The van der Waals surface area contributed by atoms with Gasteiger partial charge in [-0.25, -0.2) is 8.42 Å². The van der Waals surface area contributed by atoms with E-state index in [-0.39, 0.29) is 10.8 Å². The summed E-state index contributed by atoms with van der Waals surface area (Å²) < 4.78 is 31.9. The molecule has 0 atom stereocenters. The number of carbonyl (C=O) groups excluding carboxylic acids is 1. The predicted molar refractivity (Wildman–Crippen MR) is 107 cm³/mol. The first-order valence-electron chi connectivity index (χ1n) is 10.3. The minimum absolute atomic E-state index is 0.155. The summed E-state index contributed by atoms with van der Waals surface area (Å²) in [4.78, 5) is 14.2. The molecule has 2 aliphatic rings. The number of likely N-dealkylation sites (tertiary alicyclic amines) is 1. The van der Waals surface area contributed by atoms with Crippen molar-refractivity contribution in [1.29, 1.82) is 0 Å². The summed E-state index contributed by atoms with van der Waals surface area (Å²) in [7, 11) is -3.52. The van der Waals surface area contributed by atoms with Gasteiger partial charge in [-0.3, -0.25) is 4.79 Å². The van der Waals surface area contributed by atoms with Crippen LogP contribution in [0.5, 0.6) is 0 Å². The van der Waals surface area contributed by atoms with Crippen molar-refractivity contribution >= 4 is 15.9 Å². The summed E-state index contributed by atoms with van der Waals surface area (Å²) in [5, 5.41) is 2.94. The van der Waals surface area contributed by atoms with E-state index in [4.69, 9.17) is 4.74 Å². The fraction of sp³-hybridized carbons (Fsp3) is 0.650. The number of hydrogen-bond acceptors (Lipinski definition) is 4. The van der Waals surface area contributed by atoms with E-state index >= 15 is 0 Å². The highest BCUT2D eigenvalue weighted by atomic mass is 32.2. The number of hydrogen-bond donors (Lipinski definition) is 2. The van der Waals surface area contributed by atoms with E-state index in [1.54, 1.807) is 17.0 Å². The summed E-state index contributed by atoms with van der Waals surface area (Å²) in [6.07, 6.45) is 3.54. The lowest BCUT2D eigenvalue weighted by Crippen LogP contribution is -3.13. The maximum absolute atomic E-state index is 12.6. The third-order valence-corrected chi connectivity index (χ3v) is 7.61. The van der Waals surface area contributed by atoms with Crippen LogP contribution in [0.4, 0.5) is 0 Å². The fourth-order valence-corrected chi connectivity index (χ4v) is 5.19. The van der Waals surface area contributed by atoms with Gasteiger partial charge in [0.25, 0.3) is 5.91 Å². The molecule has 8 heteroatoms. The maximum atomic E-state index is 12.6. The lowest BCUT2D eigenvalue weighted by Gasteiger charge is -2.27. The van der Waals surface area contributed by atoms with Gasteiger partial charge in [0.1, 0.15) is 0 Å². The number of morpholine rings is 1. The quantitative estimate of drug-likeness (QED) is 0.627. The van der Waals surface area contributed by atoms with Crippen LogP contribution in [0.25, 0.3) is 0 Å². The van der Waals surface area contributed by atoms with Gasteiger partial charge >= 0.3 is 0 Å². The van der Waals surface area contributed by atoms with Crippen LogP contribution < -0.4 is 10.2 Å². The summed E-state index contributed by atoms with van der Waals surface area (Å²) in [6.45, 7) is 8.06. The number of ether oxygens (including phenoxy) is 1. The van der Waals surface area contributed by atoms with Gasteiger partial charge in [-0.2, -0.15) is 4.31 Å². The Bertz CT molecular complexity index is 737. The number of nitrogens with one attached hydrogen (secondary N) is 2. The van der Waals surface area contributed by atoms with Gasteiger partial charge in [-0.15, -0.1) is 0 Å². The summed E-state index contributed by atoms with van der Waals surface area (Å²) in [5.74, 6) is 0.691. The van der Waals surface area contributed by atoms with E-state index in [2.05, 4.69) is 12.2 Å². The molecule has 2 heterocycles. The third-order valence-electron chi connectivity index (χ3n) is 5.70. The Balaban J connectivity index is 1.45. The summed E-state index contributed by atoms with van der Waals surface area (Å²) >= 11 is 0. The molecule has 1 amide bonds. The number of quaternary nitrogens is 1. The maximum Gasteiger partial charge on any atom is 0.251 e. The molecular formula is C20H32N3O4S+. The van der Waals surface area contributed by atoms with E-state index < -0.39 is 10.0 Å². The van der Waals surface area contributed by atoms with Crippen molar-refractivity contribution in [2.75, 3.05) is 52.5 Å². The first-order valence-corrected chi connectivity index (χ1v) is 11.7. The molecule has 2 saturated heterocycles. The van der Waals surface area contributed by atoms with E-state index in [0.29, 0.717) is 38.4 Å². The van der Waals surface area contributed by atoms with Crippen LogP contribution >= 0.6 is 0 Å². The van der Waals surface area contributed by atoms with Gasteiger partial charge in [0.15, 0.2) is 0 Å². The van der Waals surface area contributed by atoms with E-state index in [1.807, 2.05) is 0 Å². The Morgan fingerprint density at radius 2 is 1.82 bits per heavy atom. The third kappa shape index (κ3) is 5.53. The van der Waals surface area contributed by atoms with Crippen molar-refractivity contribution in [3.05, 3.63) is 29.8 Å². The van der Waals surface area contributed by atoms with Crippen molar-refractivity contribution in [2.45, 2.75) is 31.1 Å². The average Bonchev–Trinajstić information content (AvgIpc) is 2.73. The molecule has 28 heavy (non-hydrogen) atoms. The average molecular weight is 411 g/mol. The number of benzene rings is 1. The Morgan fingerprint density at radius 3 is 2.46 bits per heavy atom. The van der Waals surface area contributed by atoms with Crippen molar-refractivity contribution < 1.29 is 22.8 Å². The Labute approximate surface area is 168 Å². The number of nitrogens with zero attached hydrogens (tertiary/aromatic N) is 1. The van der Waals surface area contributed by atoms with Gasteiger partial charge in [-0.1, -0.05) is 6.92 Å². The zero-order chi connectivity index (χ0) is 20.0. The molecule has 156 valence electrons. The molecule has 2 N–H and O–H groups in total. The highest BCUT2D eigenvalue weighted by Crippen LogP contribution is 2.17. The van der Waals surface area contributed by atoms with Gasteiger partial charge in [0.05, 0.1) is 37.7 Å². The van der Waals surface area contributed by atoms with Crippen LogP contribution in [0.3, 0.4) is 0 Å². The van der Waals surface area contributed by atoms with Gasteiger partial charge in [0, 0.05) is 31.6 Å². The molecule has 0 aliphatic carbocycles. The number of amides is 1. The number of sulfonamides is 1. The molecule has 1 aromatic carbocycles. The highest BCUT2D eigenvalue weighted by Gasteiger charge is 2.26. The van der Waals surface area contributed by atoms with E-state index in [0.717, 1.165) is 18.9 Å². The highest BCUT2D eigenvalue weighted by molar-refractivity contribution is 7.89. The molecule has 0 saturated carbocycles. The summed E-state index contributed by atoms with van der Waals surface area (Å²) in [5.41, 5.74) is 0.486. The molecule has 3 rings (SSSR count). The Morgan fingerprint density at radius 1 is 1.18 bits per heavy atom. The molecule has 0 radical (unpaired) electrons. The normalized spacial score (nSPS) is 24.0. The van der Waals surface area contributed by atoms with E-state index in [9.17, 15) is 13.2 Å². The molecule has 0 unspecified atom stereocenters. The van der Waals surface area contributed by atoms with Gasteiger partial charge in [0.2, 0.25) is 10.0 Å². The van der Waals surface area contributed by atoms with Crippen LogP contribution in [0.15, 0.2) is 29.2 Å². The predicted octanol–water partition coefficient (Wildman–Crippen LogP) is 0.142. The molecule has 0 bridgehead atoms. The van der Waals surface area contributed by atoms with Crippen molar-refractivity contribution in [1.82, 2.24) is 9.62 Å². The zero-order valence-corrected chi connectivity index (χ0v) is 17.5. The van der Waals surface area contributed by atoms with Crippen LogP contribution in [-0.4, -0.2) is 71.1 Å². The first kappa shape index (κ1) is 21.2. The van der Waals surface area contributed by atoms with Crippen molar-refractivity contribution in [3.63, 3.8) is 0 Å². The molecule has 2 aliphatic heterocycles. The molecule has 7 nitrogen and oxygen atoms in total. The zero-order valence-electron chi connectivity index (χ0n) is 16.7. The standard InChI is InChI=1S/C20H31N3O4S/c1-17-7-11-22(12-8-17)10-2-9-21-20(24)18-3-5-19(6-4-18)28(25,26)23-13-15-27-16-14-23/h3-6,17H,2,7-16H2,1H3,(H,21,24)/p+1. The van der Waals surface area contributed by atoms with Crippen molar-refractivity contribution in [2.24, 2.45) is 5.92 Å². The minimum atomic E-state index is -3.52. The van der Waals surface area contributed by atoms with E-state index in [1.165, 1.54) is 42.4 Å².